The van der Waals surface area contributed by atoms with Gasteiger partial charge in [-0.3, -0.25) is 4.79 Å². The molecule has 0 atom stereocenters. The predicted octanol–water partition coefficient (Wildman–Crippen LogP) is 2.97. The van der Waals surface area contributed by atoms with Crippen molar-refractivity contribution in [3.8, 4) is 0 Å². The van der Waals surface area contributed by atoms with Crippen LogP contribution in [0.3, 0.4) is 0 Å². The first-order valence-electron chi connectivity index (χ1n) is 6.76. The maximum Gasteiger partial charge on any atom is 0.280 e. The first-order valence-corrected chi connectivity index (χ1v) is 6.76. The molecule has 0 spiro atoms. The summed E-state index contributed by atoms with van der Waals surface area (Å²) in [5.41, 5.74) is 2.13. The SMILES string of the molecule is CC1=NN(c2ccccc2)C(=O)\C1=C/C=C/C=C/N(C)C. The Morgan fingerprint density at radius 3 is 2.48 bits per heavy atom. The molecule has 4 heteroatoms. The van der Waals surface area contributed by atoms with Gasteiger partial charge in [-0.1, -0.05) is 30.4 Å². The molecule has 0 fully saturated rings. The number of benzene rings is 1. The Morgan fingerprint density at radius 1 is 1.10 bits per heavy atom. The number of allylic oxidation sites excluding steroid dienone is 4. The molecular formula is C17H19N3O. The van der Waals surface area contributed by atoms with E-state index in [2.05, 4.69) is 5.10 Å². The fourth-order valence-corrected chi connectivity index (χ4v) is 1.89. The lowest BCUT2D eigenvalue weighted by Crippen LogP contribution is -2.21. The number of para-hydroxylation sites is 1. The van der Waals surface area contributed by atoms with Crippen LogP contribution in [0, 0.1) is 0 Å². The minimum Gasteiger partial charge on any atom is -0.383 e. The van der Waals surface area contributed by atoms with Crippen LogP contribution in [0.5, 0.6) is 0 Å². The molecular weight excluding hydrogens is 262 g/mol. The van der Waals surface area contributed by atoms with Gasteiger partial charge in [0.15, 0.2) is 0 Å². The van der Waals surface area contributed by atoms with E-state index in [1.165, 1.54) is 5.01 Å². The lowest BCUT2D eigenvalue weighted by atomic mass is 10.1. The van der Waals surface area contributed by atoms with Crippen LogP contribution in [0.15, 0.2) is 71.5 Å². The Morgan fingerprint density at radius 2 is 1.81 bits per heavy atom. The second-order valence-electron chi connectivity index (χ2n) is 4.91. The molecule has 0 radical (unpaired) electrons. The minimum absolute atomic E-state index is 0.0973. The van der Waals surface area contributed by atoms with Crippen LogP contribution in [0.1, 0.15) is 6.92 Å². The van der Waals surface area contributed by atoms with Crippen molar-refractivity contribution in [1.82, 2.24) is 4.90 Å². The van der Waals surface area contributed by atoms with Crippen molar-refractivity contribution < 1.29 is 4.79 Å². The maximum absolute atomic E-state index is 12.4. The third-order valence-electron chi connectivity index (χ3n) is 2.93. The summed E-state index contributed by atoms with van der Waals surface area (Å²) in [5.74, 6) is -0.0973. The number of hydrogen-bond donors (Lipinski definition) is 0. The first kappa shape index (κ1) is 14.8. The van der Waals surface area contributed by atoms with Crippen molar-refractivity contribution in [3.63, 3.8) is 0 Å². The van der Waals surface area contributed by atoms with E-state index < -0.39 is 0 Å². The smallest absolute Gasteiger partial charge is 0.280 e. The number of nitrogens with zero attached hydrogens (tertiary/aromatic N) is 3. The van der Waals surface area contributed by atoms with Crippen molar-refractivity contribution in [2.24, 2.45) is 5.10 Å². The zero-order chi connectivity index (χ0) is 15.2. The highest BCUT2D eigenvalue weighted by Crippen LogP contribution is 2.22. The summed E-state index contributed by atoms with van der Waals surface area (Å²) in [6, 6.07) is 9.43. The normalized spacial score (nSPS) is 17.3. The molecule has 1 heterocycles. The number of carbonyl (C=O) groups is 1. The van der Waals surface area contributed by atoms with E-state index in [0.717, 1.165) is 11.4 Å². The van der Waals surface area contributed by atoms with Gasteiger partial charge in [0.1, 0.15) is 0 Å². The van der Waals surface area contributed by atoms with Gasteiger partial charge in [0, 0.05) is 14.1 Å². The average Bonchev–Trinajstić information content (AvgIpc) is 2.75. The van der Waals surface area contributed by atoms with Crippen LogP contribution >= 0.6 is 0 Å². The van der Waals surface area contributed by atoms with Gasteiger partial charge in [-0.25, -0.2) is 0 Å². The summed E-state index contributed by atoms with van der Waals surface area (Å²) < 4.78 is 0. The first-order chi connectivity index (χ1) is 10.1. The van der Waals surface area contributed by atoms with Gasteiger partial charge in [-0.05, 0) is 37.4 Å². The Kier molecular flexibility index (Phi) is 4.72. The zero-order valence-electron chi connectivity index (χ0n) is 12.5. The largest absolute Gasteiger partial charge is 0.383 e. The van der Waals surface area contributed by atoms with Crippen LogP contribution in [0.4, 0.5) is 5.69 Å². The van der Waals surface area contributed by atoms with Crippen LogP contribution in [0.25, 0.3) is 0 Å². The lowest BCUT2D eigenvalue weighted by Gasteiger charge is -2.10. The van der Waals surface area contributed by atoms with Crippen LogP contribution in [-0.2, 0) is 4.79 Å². The molecule has 21 heavy (non-hydrogen) atoms. The van der Waals surface area contributed by atoms with Gasteiger partial charge in [0.05, 0.1) is 17.0 Å². The third kappa shape index (κ3) is 3.69. The molecule has 0 aliphatic carbocycles. The van der Waals surface area contributed by atoms with Gasteiger partial charge >= 0.3 is 0 Å². The monoisotopic (exact) mass is 281 g/mol. The molecule has 0 bridgehead atoms. The Bertz CT molecular complexity index is 625. The Labute approximate surface area is 125 Å². The second-order valence-corrected chi connectivity index (χ2v) is 4.91. The molecule has 4 nitrogen and oxygen atoms in total. The second kappa shape index (κ2) is 6.70. The topological polar surface area (TPSA) is 35.9 Å². The Balaban J connectivity index is 2.13. The third-order valence-corrected chi connectivity index (χ3v) is 2.93. The van der Waals surface area contributed by atoms with Crippen molar-refractivity contribution in [2.75, 3.05) is 19.1 Å². The van der Waals surface area contributed by atoms with Crippen LogP contribution in [-0.4, -0.2) is 30.6 Å². The standard InChI is InChI=1S/C17H19N3O/c1-14-16(12-8-5-9-13-19(2)3)17(21)20(18-14)15-10-6-4-7-11-15/h4-13H,1-3H3/b8-5+,13-9+,16-12-. The van der Waals surface area contributed by atoms with Gasteiger partial charge in [-0.15, -0.1) is 0 Å². The summed E-state index contributed by atoms with van der Waals surface area (Å²) in [4.78, 5) is 14.3. The van der Waals surface area contributed by atoms with E-state index in [1.807, 2.05) is 80.7 Å². The maximum atomic E-state index is 12.4. The number of rotatable bonds is 4. The molecule has 1 aromatic carbocycles. The van der Waals surface area contributed by atoms with Gasteiger partial charge in [0.2, 0.25) is 0 Å². The number of amides is 1. The molecule has 2 rings (SSSR count). The van der Waals surface area contributed by atoms with Crippen LogP contribution in [0.2, 0.25) is 0 Å². The fourth-order valence-electron chi connectivity index (χ4n) is 1.89. The molecule has 0 aromatic heterocycles. The molecule has 0 N–H and O–H groups in total. The van der Waals surface area contributed by atoms with Crippen molar-refractivity contribution >= 4 is 17.3 Å². The van der Waals surface area contributed by atoms with Gasteiger partial charge in [-0.2, -0.15) is 10.1 Å². The average molecular weight is 281 g/mol. The predicted molar refractivity (Wildman–Crippen MR) is 87.1 cm³/mol. The number of carbonyl (C=O) groups excluding carboxylic acids is 1. The molecule has 1 amide bonds. The molecule has 0 unspecified atom stereocenters. The number of hydrogen-bond acceptors (Lipinski definition) is 3. The van der Waals surface area contributed by atoms with E-state index in [-0.39, 0.29) is 5.91 Å². The molecule has 1 aliphatic rings. The van der Waals surface area contributed by atoms with Crippen molar-refractivity contribution in [1.29, 1.82) is 0 Å². The van der Waals surface area contributed by atoms with E-state index >= 15 is 0 Å². The van der Waals surface area contributed by atoms with Crippen LogP contribution < -0.4 is 5.01 Å². The highest BCUT2D eigenvalue weighted by atomic mass is 16.2. The summed E-state index contributed by atoms with van der Waals surface area (Å²) in [7, 11) is 3.91. The quantitative estimate of drug-likeness (QED) is 0.628. The fraction of sp³-hybridized carbons (Fsp3) is 0.176. The number of hydrazone groups is 1. The summed E-state index contributed by atoms with van der Waals surface area (Å²) in [5, 5.41) is 5.76. The zero-order valence-corrected chi connectivity index (χ0v) is 12.5. The van der Waals surface area contributed by atoms with E-state index in [0.29, 0.717) is 5.57 Å². The van der Waals surface area contributed by atoms with E-state index in [9.17, 15) is 4.79 Å². The molecule has 108 valence electrons. The lowest BCUT2D eigenvalue weighted by molar-refractivity contribution is -0.114. The highest BCUT2D eigenvalue weighted by Gasteiger charge is 2.27. The molecule has 1 aromatic rings. The molecule has 0 saturated carbocycles. The Hall–Kier alpha value is -2.62. The van der Waals surface area contributed by atoms with Gasteiger partial charge < -0.3 is 4.90 Å². The minimum atomic E-state index is -0.0973. The molecule has 1 aliphatic heterocycles. The summed E-state index contributed by atoms with van der Waals surface area (Å²) in [6.07, 6.45) is 9.38. The molecule has 0 saturated heterocycles. The van der Waals surface area contributed by atoms with Gasteiger partial charge in [0.25, 0.3) is 5.91 Å². The van der Waals surface area contributed by atoms with E-state index in [1.54, 1.807) is 6.08 Å². The summed E-state index contributed by atoms with van der Waals surface area (Å²) >= 11 is 0. The number of anilines is 1. The van der Waals surface area contributed by atoms with Crippen molar-refractivity contribution in [3.05, 3.63) is 66.4 Å². The van der Waals surface area contributed by atoms with Crippen molar-refractivity contribution in [2.45, 2.75) is 6.92 Å². The summed E-state index contributed by atoms with van der Waals surface area (Å²) in [6.45, 7) is 1.84. The highest BCUT2D eigenvalue weighted by molar-refractivity contribution is 6.29. The van der Waals surface area contributed by atoms with E-state index in [4.69, 9.17) is 0 Å².